The van der Waals surface area contributed by atoms with Gasteiger partial charge in [0.15, 0.2) is 0 Å². The fourth-order valence-corrected chi connectivity index (χ4v) is 12.3. The van der Waals surface area contributed by atoms with E-state index in [-0.39, 0.29) is 24.3 Å². The number of aryl methyl sites for hydroxylation is 1. The van der Waals surface area contributed by atoms with Crippen LogP contribution in [0.5, 0.6) is 0 Å². The van der Waals surface area contributed by atoms with Crippen LogP contribution >= 0.6 is 46.9 Å². The van der Waals surface area contributed by atoms with Crippen molar-refractivity contribution < 1.29 is 102 Å². The molecule has 0 radical (unpaired) electrons. The zero-order chi connectivity index (χ0) is 42.6. The van der Waals surface area contributed by atoms with Crippen molar-refractivity contribution in [3.05, 3.63) is 32.6 Å². The number of rotatable bonds is 27. The van der Waals surface area contributed by atoms with E-state index < -0.39 is 89.8 Å². The molecule has 34 heteroatoms. The Kier molecular flexibility index (Phi) is 20.0. The Labute approximate surface area is 317 Å². The monoisotopic (exact) mass is 934 g/mol. The lowest BCUT2D eigenvalue weighted by Crippen LogP contribution is -2.33. The molecule has 0 aromatic carbocycles. The van der Waals surface area contributed by atoms with E-state index in [1.54, 1.807) is 0 Å². The molecule has 11 N–H and O–H groups in total. The molecule has 1 aliphatic rings. The lowest BCUT2D eigenvalue weighted by atomic mass is 10.2. The second kappa shape index (κ2) is 21.9. The fraction of sp³-hybridized carbons (Fsp3) is 0.773. The van der Waals surface area contributed by atoms with E-state index in [4.69, 9.17) is 10.5 Å². The second-order valence-corrected chi connectivity index (χ2v) is 21.0. The van der Waals surface area contributed by atoms with Crippen molar-refractivity contribution in [3.8, 4) is 0 Å². The summed E-state index contributed by atoms with van der Waals surface area (Å²) in [6.45, 7) is 0.618. The molecule has 0 saturated carbocycles. The van der Waals surface area contributed by atoms with Crippen LogP contribution in [-0.4, -0.2) is 88.4 Å². The van der Waals surface area contributed by atoms with Gasteiger partial charge in [0, 0.05) is 31.1 Å². The largest absolute Gasteiger partial charge is 0.490 e. The van der Waals surface area contributed by atoms with E-state index in [0.29, 0.717) is 45.2 Å². The standard InChI is InChI=1S/C22H44N4O24P6/c1-16-14-26(22(30)25-21(16)29)20-13-17(27)18(45-20)15-44-52(33,34)47-54(37,38)49-56(41,42)50-55(39,40)48-53(35,36)46-51(31,32)43-12-8-3-2-7-11-24-19(28)9-5-4-6-10-23/h14,17-18,20,27H,2-13,15,23H2,1H3,(H,24,28)(H,31,32)(H,33,34)(H,35,36)(H,37,38)(H,39,40)(H,41,42)(H,25,29,30)/t17?,18?,20-/m1/s1. The Hall–Kier alpha value is -1.11. The number of carbonyl (C=O) groups excluding carboxylic acids is 1. The fourth-order valence-electron chi connectivity index (χ4n) is 4.45. The van der Waals surface area contributed by atoms with Crippen LogP contribution in [0, 0.1) is 6.92 Å². The molecule has 0 spiro atoms. The van der Waals surface area contributed by atoms with E-state index >= 15 is 0 Å². The van der Waals surface area contributed by atoms with Crippen LogP contribution in [-0.2, 0) is 67.5 Å². The zero-order valence-corrected chi connectivity index (χ0v) is 34.6. The molecule has 28 nitrogen and oxygen atoms in total. The molecule has 0 bridgehead atoms. The maximum Gasteiger partial charge on any atom is 0.490 e. The third-order valence-corrected chi connectivity index (χ3v) is 16.1. The number of aliphatic hydroxyl groups excluding tert-OH is 1. The smallest absolute Gasteiger partial charge is 0.390 e. The number of amides is 1. The summed E-state index contributed by atoms with van der Waals surface area (Å²) in [5.41, 5.74) is 3.84. The Balaban J connectivity index is 1.81. The Morgan fingerprint density at radius 3 is 1.86 bits per heavy atom. The van der Waals surface area contributed by atoms with E-state index in [1.807, 2.05) is 4.98 Å². The number of carbonyl (C=O) groups is 1. The summed E-state index contributed by atoms with van der Waals surface area (Å²) in [4.78, 5) is 95.5. The van der Waals surface area contributed by atoms with Gasteiger partial charge in [-0.15, -0.1) is 0 Å². The number of nitrogens with one attached hydrogen (secondary N) is 2. The number of nitrogens with two attached hydrogens (primary N) is 1. The number of H-pyrrole nitrogens is 1. The van der Waals surface area contributed by atoms with Crippen LogP contribution in [0.25, 0.3) is 0 Å². The molecular formula is C22H44N4O24P6. The van der Waals surface area contributed by atoms with Gasteiger partial charge in [-0.1, -0.05) is 19.3 Å². The Bertz CT molecular complexity index is 1890. The van der Waals surface area contributed by atoms with Crippen LogP contribution in [0.3, 0.4) is 0 Å². The quantitative estimate of drug-likeness (QED) is 0.0440. The summed E-state index contributed by atoms with van der Waals surface area (Å²) < 4.78 is 106. The number of phosphoric ester groups is 2. The number of hydrogen-bond acceptors (Lipinski definition) is 19. The minimum Gasteiger partial charge on any atom is -0.390 e. The third kappa shape index (κ3) is 19.8. The lowest BCUT2D eigenvalue weighted by molar-refractivity contribution is -0.121. The van der Waals surface area contributed by atoms with Gasteiger partial charge in [0.2, 0.25) is 5.91 Å². The lowest BCUT2D eigenvalue weighted by Gasteiger charge is -2.21. The summed E-state index contributed by atoms with van der Waals surface area (Å²) in [6.07, 6.45) is 0.818. The number of hydrogen-bond donors (Lipinski definition) is 10. The van der Waals surface area contributed by atoms with Crippen molar-refractivity contribution in [3.63, 3.8) is 0 Å². The van der Waals surface area contributed by atoms with Crippen molar-refractivity contribution in [1.29, 1.82) is 0 Å². The summed E-state index contributed by atoms with van der Waals surface area (Å²) in [5, 5.41) is 12.9. The van der Waals surface area contributed by atoms with E-state index in [1.165, 1.54) is 6.92 Å². The first-order valence-electron chi connectivity index (χ1n) is 16.1. The minimum absolute atomic E-state index is 0.0860. The first-order chi connectivity index (χ1) is 25.7. The first kappa shape index (κ1) is 51.0. The summed E-state index contributed by atoms with van der Waals surface area (Å²) in [6, 6.07) is 0. The van der Waals surface area contributed by atoms with Crippen molar-refractivity contribution in [2.45, 2.75) is 83.1 Å². The average molecular weight is 934 g/mol. The van der Waals surface area contributed by atoms with Gasteiger partial charge in [-0.3, -0.25) is 28.2 Å². The second-order valence-electron chi connectivity index (χ2n) is 11.6. The molecule has 0 aliphatic carbocycles. The minimum atomic E-state index is -6.47. The van der Waals surface area contributed by atoms with Gasteiger partial charge in [0.1, 0.15) is 12.3 Å². The SMILES string of the molecule is Cc1cn([C@H]2CC(O)C(COP(=O)(O)OP(=O)(O)OP(=O)(O)OP(=O)(O)OP(=O)(O)OP(=O)(O)OCCCCCCNC(=O)CCCCCN)O2)c(=O)[nH]c1=O. The molecule has 8 unspecified atom stereocenters. The molecule has 1 aromatic heterocycles. The van der Waals surface area contributed by atoms with Gasteiger partial charge < -0.3 is 50.3 Å². The predicted molar refractivity (Wildman–Crippen MR) is 186 cm³/mol. The van der Waals surface area contributed by atoms with Crippen LogP contribution in [0.4, 0.5) is 0 Å². The molecule has 2 rings (SSSR count). The van der Waals surface area contributed by atoms with E-state index in [9.17, 15) is 76.2 Å². The number of phosphoric acid groups is 6. The number of aromatic nitrogens is 2. The van der Waals surface area contributed by atoms with Crippen LogP contribution in [0.15, 0.2) is 15.8 Å². The van der Waals surface area contributed by atoms with Crippen LogP contribution in [0.1, 0.15) is 69.6 Å². The first-order valence-corrected chi connectivity index (χ1v) is 25.1. The zero-order valence-electron chi connectivity index (χ0n) is 29.3. The highest BCUT2D eigenvalue weighted by atomic mass is 31.3. The Morgan fingerprint density at radius 2 is 1.30 bits per heavy atom. The molecule has 1 fully saturated rings. The predicted octanol–water partition coefficient (Wildman–Crippen LogP) is 1.41. The molecule has 56 heavy (non-hydrogen) atoms. The molecule has 326 valence electrons. The molecular weight excluding hydrogens is 890 g/mol. The topological polar surface area (TPSA) is 428 Å². The van der Waals surface area contributed by atoms with Crippen molar-refractivity contribution >= 4 is 52.8 Å². The van der Waals surface area contributed by atoms with Gasteiger partial charge in [-0.2, -0.15) is 21.6 Å². The number of aliphatic hydroxyl groups is 1. The maximum absolute atomic E-state index is 12.3. The highest BCUT2D eigenvalue weighted by Gasteiger charge is 2.50. The number of ether oxygens (including phenoxy) is 1. The highest BCUT2D eigenvalue weighted by molar-refractivity contribution is 7.72. The van der Waals surface area contributed by atoms with E-state index in [0.717, 1.165) is 23.6 Å². The molecule has 1 aromatic rings. The third-order valence-electron chi connectivity index (χ3n) is 6.85. The summed E-state index contributed by atoms with van der Waals surface area (Å²) in [7, 11) is -36.8. The number of nitrogens with zero attached hydrogens (tertiary/aromatic N) is 1. The molecule has 1 aliphatic heterocycles. The molecule has 1 saturated heterocycles. The van der Waals surface area contributed by atoms with Gasteiger partial charge in [0.25, 0.3) is 5.56 Å². The normalized spacial score (nSPS) is 23.8. The highest BCUT2D eigenvalue weighted by Crippen LogP contribution is 2.75. The average Bonchev–Trinajstić information content (AvgIpc) is 3.38. The van der Waals surface area contributed by atoms with Crippen molar-refractivity contribution in [2.75, 3.05) is 26.3 Å². The summed E-state index contributed by atoms with van der Waals surface area (Å²) >= 11 is 0. The number of unbranched alkanes of at least 4 members (excludes halogenated alkanes) is 5. The van der Waals surface area contributed by atoms with Crippen LogP contribution < -0.4 is 22.3 Å². The number of aromatic amines is 1. The molecule has 2 heterocycles. The Morgan fingerprint density at radius 1 is 0.804 bits per heavy atom. The van der Waals surface area contributed by atoms with Gasteiger partial charge in [-0.05, 0) is 39.2 Å². The van der Waals surface area contributed by atoms with Gasteiger partial charge in [-0.25, -0.2) is 32.2 Å². The van der Waals surface area contributed by atoms with Crippen molar-refractivity contribution in [1.82, 2.24) is 14.9 Å². The van der Waals surface area contributed by atoms with Crippen molar-refractivity contribution in [2.24, 2.45) is 5.73 Å². The summed E-state index contributed by atoms with van der Waals surface area (Å²) in [5.74, 6) is -0.125. The van der Waals surface area contributed by atoms with Gasteiger partial charge in [0.05, 0.1) is 19.3 Å². The maximum atomic E-state index is 12.3. The molecule has 1 amide bonds. The van der Waals surface area contributed by atoms with Gasteiger partial charge >= 0.3 is 52.6 Å². The molecule has 9 atom stereocenters. The van der Waals surface area contributed by atoms with Crippen LogP contribution in [0.2, 0.25) is 0 Å². The van der Waals surface area contributed by atoms with E-state index in [2.05, 4.69) is 35.9 Å².